The lowest BCUT2D eigenvalue weighted by atomic mass is 10.2. The van der Waals surface area contributed by atoms with E-state index in [1.165, 1.54) is 23.1 Å². The van der Waals surface area contributed by atoms with E-state index in [-0.39, 0.29) is 22.2 Å². The van der Waals surface area contributed by atoms with Gasteiger partial charge in [-0.25, -0.2) is 0 Å². The van der Waals surface area contributed by atoms with Crippen molar-refractivity contribution in [2.45, 2.75) is 6.92 Å². The van der Waals surface area contributed by atoms with Gasteiger partial charge in [-0.1, -0.05) is 11.6 Å². The van der Waals surface area contributed by atoms with Gasteiger partial charge in [0.2, 0.25) is 0 Å². The van der Waals surface area contributed by atoms with Crippen molar-refractivity contribution in [1.82, 2.24) is 4.90 Å². The molecule has 1 amide bonds. The summed E-state index contributed by atoms with van der Waals surface area (Å²) in [6.07, 6.45) is 0. The molecule has 0 radical (unpaired) electrons. The van der Waals surface area contributed by atoms with Gasteiger partial charge in [-0.3, -0.25) is 14.9 Å². The molecular weight excluding hydrogens is 272 g/mol. The highest BCUT2D eigenvalue weighted by molar-refractivity contribution is 6.32. The first-order chi connectivity index (χ1) is 8.97. The van der Waals surface area contributed by atoms with Crippen molar-refractivity contribution in [3.8, 4) is 0 Å². The topological polar surface area (TPSA) is 72.7 Å². The number of halogens is 1. The molecule has 0 aliphatic rings. The average Bonchev–Trinajstić information content (AvgIpc) is 2.38. The first kappa shape index (κ1) is 15.4. The van der Waals surface area contributed by atoms with E-state index in [9.17, 15) is 14.9 Å². The standard InChI is InChI=1S/C12H15ClN2O4/c1-3-19-7-6-14(2)12(16)9-4-5-10(13)11(8-9)15(17)18/h4-5,8H,3,6-7H2,1-2H3. The van der Waals surface area contributed by atoms with Gasteiger partial charge in [-0.2, -0.15) is 0 Å². The second kappa shape index (κ2) is 7.06. The van der Waals surface area contributed by atoms with Gasteiger partial charge in [-0.15, -0.1) is 0 Å². The van der Waals surface area contributed by atoms with E-state index in [1.54, 1.807) is 7.05 Å². The second-order valence-corrected chi connectivity index (χ2v) is 4.25. The summed E-state index contributed by atoms with van der Waals surface area (Å²) < 4.78 is 5.15. The summed E-state index contributed by atoms with van der Waals surface area (Å²) in [6.45, 7) is 3.29. The Hall–Kier alpha value is -1.66. The molecule has 0 N–H and O–H groups in total. The number of carbonyl (C=O) groups excluding carboxylic acids is 1. The van der Waals surface area contributed by atoms with Gasteiger partial charge in [0.1, 0.15) is 5.02 Å². The number of likely N-dealkylation sites (N-methyl/N-ethyl adjacent to an activating group) is 1. The van der Waals surface area contributed by atoms with Gasteiger partial charge >= 0.3 is 0 Å². The fourth-order valence-corrected chi connectivity index (χ4v) is 1.64. The summed E-state index contributed by atoms with van der Waals surface area (Å²) in [7, 11) is 1.61. The molecule has 0 aliphatic heterocycles. The zero-order chi connectivity index (χ0) is 14.4. The molecule has 0 spiro atoms. The van der Waals surface area contributed by atoms with Crippen LogP contribution < -0.4 is 0 Å². The first-order valence-corrected chi connectivity index (χ1v) is 6.12. The number of nitro groups is 1. The number of nitro benzene ring substituents is 1. The molecule has 6 nitrogen and oxygen atoms in total. The smallest absolute Gasteiger partial charge is 0.288 e. The Morgan fingerprint density at radius 2 is 2.21 bits per heavy atom. The Labute approximate surface area is 116 Å². The van der Waals surface area contributed by atoms with Crippen LogP contribution >= 0.6 is 11.6 Å². The van der Waals surface area contributed by atoms with Crippen LogP contribution in [0.5, 0.6) is 0 Å². The van der Waals surface area contributed by atoms with Gasteiger partial charge in [0, 0.05) is 31.8 Å². The lowest BCUT2D eigenvalue weighted by Crippen LogP contribution is -2.30. The Morgan fingerprint density at radius 1 is 1.53 bits per heavy atom. The first-order valence-electron chi connectivity index (χ1n) is 5.74. The molecule has 0 aromatic heterocycles. The number of carbonyl (C=O) groups is 1. The van der Waals surface area contributed by atoms with E-state index in [0.29, 0.717) is 19.8 Å². The van der Waals surface area contributed by atoms with Crippen molar-refractivity contribution in [2.24, 2.45) is 0 Å². The summed E-state index contributed by atoms with van der Waals surface area (Å²) in [5, 5.41) is 10.8. The van der Waals surface area contributed by atoms with Crippen LogP contribution in [0.1, 0.15) is 17.3 Å². The van der Waals surface area contributed by atoms with Crippen molar-refractivity contribution in [3.05, 3.63) is 38.9 Å². The molecule has 0 saturated carbocycles. The Kier molecular flexibility index (Phi) is 5.72. The fourth-order valence-electron chi connectivity index (χ4n) is 1.45. The van der Waals surface area contributed by atoms with Crippen LogP contribution in [0.15, 0.2) is 18.2 Å². The molecule has 0 saturated heterocycles. The predicted molar refractivity (Wildman–Crippen MR) is 71.6 cm³/mol. The Balaban J connectivity index is 2.82. The molecule has 0 aliphatic carbocycles. The molecule has 0 unspecified atom stereocenters. The van der Waals surface area contributed by atoms with Crippen LogP contribution in [0.3, 0.4) is 0 Å². The summed E-state index contributed by atoms with van der Waals surface area (Å²) in [4.78, 5) is 23.6. The van der Waals surface area contributed by atoms with Crippen LogP contribution in [-0.4, -0.2) is 42.5 Å². The maximum Gasteiger partial charge on any atom is 0.288 e. The Bertz CT molecular complexity index is 479. The average molecular weight is 287 g/mol. The third kappa shape index (κ3) is 4.18. The molecule has 0 heterocycles. The number of benzene rings is 1. The van der Waals surface area contributed by atoms with Crippen LogP contribution in [0.2, 0.25) is 5.02 Å². The van der Waals surface area contributed by atoms with Crippen LogP contribution in [0, 0.1) is 10.1 Å². The molecule has 19 heavy (non-hydrogen) atoms. The minimum atomic E-state index is -0.612. The van der Waals surface area contributed by atoms with E-state index in [4.69, 9.17) is 16.3 Å². The summed E-state index contributed by atoms with van der Waals surface area (Å²) in [5.74, 6) is -0.306. The van der Waals surface area contributed by atoms with E-state index in [2.05, 4.69) is 0 Å². The SMILES string of the molecule is CCOCCN(C)C(=O)c1ccc(Cl)c([N+](=O)[O-])c1. The normalized spacial score (nSPS) is 10.3. The van der Waals surface area contributed by atoms with Gasteiger partial charge < -0.3 is 9.64 Å². The van der Waals surface area contributed by atoms with Crippen molar-refractivity contribution in [2.75, 3.05) is 26.8 Å². The quantitative estimate of drug-likeness (QED) is 0.457. The zero-order valence-electron chi connectivity index (χ0n) is 10.8. The third-order valence-corrected chi connectivity index (χ3v) is 2.83. The summed E-state index contributed by atoms with van der Waals surface area (Å²) in [6, 6.07) is 4.00. The van der Waals surface area contributed by atoms with E-state index >= 15 is 0 Å². The summed E-state index contributed by atoms with van der Waals surface area (Å²) in [5.41, 5.74) is -0.0409. The lowest BCUT2D eigenvalue weighted by molar-refractivity contribution is -0.384. The molecule has 1 aromatic carbocycles. The van der Waals surface area contributed by atoms with E-state index in [0.717, 1.165) is 0 Å². The third-order valence-electron chi connectivity index (χ3n) is 2.51. The molecule has 1 aromatic rings. The highest BCUT2D eigenvalue weighted by atomic mass is 35.5. The maximum absolute atomic E-state index is 12.0. The van der Waals surface area contributed by atoms with E-state index in [1.807, 2.05) is 6.92 Å². The van der Waals surface area contributed by atoms with Crippen molar-refractivity contribution < 1.29 is 14.5 Å². The zero-order valence-corrected chi connectivity index (χ0v) is 11.5. The highest BCUT2D eigenvalue weighted by Crippen LogP contribution is 2.25. The molecule has 7 heteroatoms. The molecule has 0 bridgehead atoms. The highest BCUT2D eigenvalue weighted by Gasteiger charge is 2.18. The molecule has 104 valence electrons. The number of hydrogen-bond acceptors (Lipinski definition) is 4. The molecular formula is C12H15ClN2O4. The minimum Gasteiger partial charge on any atom is -0.380 e. The fraction of sp³-hybridized carbons (Fsp3) is 0.417. The van der Waals surface area contributed by atoms with Crippen LogP contribution in [0.4, 0.5) is 5.69 Å². The monoisotopic (exact) mass is 286 g/mol. The number of nitrogens with zero attached hydrogens (tertiary/aromatic N) is 2. The van der Waals surface area contributed by atoms with Crippen molar-refractivity contribution in [3.63, 3.8) is 0 Å². The largest absolute Gasteiger partial charge is 0.380 e. The van der Waals surface area contributed by atoms with Crippen LogP contribution in [-0.2, 0) is 4.74 Å². The lowest BCUT2D eigenvalue weighted by Gasteiger charge is -2.16. The van der Waals surface area contributed by atoms with Gasteiger partial charge in [-0.05, 0) is 19.1 Å². The molecule has 1 rings (SSSR count). The van der Waals surface area contributed by atoms with Gasteiger partial charge in [0.05, 0.1) is 11.5 Å². The van der Waals surface area contributed by atoms with Crippen molar-refractivity contribution in [1.29, 1.82) is 0 Å². The minimum absolute atomic E-state index is 0.0125. The Morgan fingerprint density at radius 3 is 2.79 bits per heavy atom. The van der Waals surface area contributed by atoms with E-state index < -0.39 is 4.92 Å². The molecule has 0 atom stereocenters. The van der Waals surface area contributed by atoms with Gasteiger partial charge in [0.25, 0.3) is 11.6 Å². The van der Waals surface area contributed by atoms with Crippen LogP contribution in [0.25, 0.3) is 0 Å². The predicted octanol–water partition coefficient (Wildman–Crippen LogP) is 2.36. The van der Waals surface area contributed by atoms with Gasteiger partial charge in [0.15, 0.2) is 0 Å². The maximum atomic E-state index is 12.0. The number of ether oxygens (including phenoxy) is 1. The number of rotatable bonds is 6. The molecule has 0 fully saturated rings. The second-order valence-electron chi connectivity index (χ2n) is 3.85. The number of amides is 1. The summed E-state index contributed by atoms with van der Waals surface area (Å²) >= 11 is 5.69. The van der Waals surface area contributed by atoms with Crippen molar-refractivity contribution >= 4 is 23.2 Å². The number of hydrogen-bond donors (Lipinski definition) is 0.